The molecule has 34 heavy (non-hydrogen) atoms. The number of thioether (sulfide) groups is 1. The van der Waals surface area contributed by atoms with Gasteiger partial charge in [0.15, 0.2) is 11.0 Å². The van der Waals surface area contributed by atoms with E-state index in [1.54, 1.807) is 11.8 Å². The van der Waals surface area contributed by atoms with Gasteiger partial charge in [0.25, 0.3) is 0 Å². The molecule has 0 atom stereocenters. The summed E-state index contributed by atoms with van der Waals surface area (Å²) in [6.07, 6.45) is 2.95. The van der Waals surface area contributed by atoms with Gasteiger partial charge in [-0.2, -0.15) is 0 Å². The van der Waals surface area contributed by atoms with Crippen LogP contribution in [0.3, 0.4) is 0 Å². The number of aryl methyl sites for hydroxylation is 1. The van der Waals surface area contributed by atoms with Crippen molar-refractivity contribution >= 4 is 22.7 Å². The summed E-state index contributed by atoms with van der Waals surface area (Å²) in [6, 6.07) is 29.4. The van der Waals surface area contributed by atoms with Crippen molar-refractivity contribution < 1.29 is 0 Å². The van der Waals surface area contributed by atoms with Gasteiger partial charge in [0.2, 0.25) is 0 Å². The number of para-hydroxylation sites is 1. The van der Waals surface area contributed by atoms with Crippen LogP contribution < -0.4 is 0 Å². The Labute approximate surface area is 204 Å². The molecule has 0 aliphatic rings. The Morgan fingerprint density at radius 2 is 1.62 bits per heavy atom. The molecule has 0 N–H and O–H groups in total. The van der Waals surface area contributed by atoms with E-state index in [0.29, 0.717) is 6.54 Å². The Balaban J connectivity index is 1.56. The third kappa shape index (κ3) is 4.52. The molecule has 0 aliphatic heterocycles. The van der Waals surface area contributed by atoms with Gasteiger partial charge < -0.3 is 0 Å². The van der Waals surface area contributed by atoms with Gasteiger partial charge in [-0.1, -0.05) is 97.6 Å². The SMILES string of the molecule is C=CCn1c(SCc2ccc(CC)cc2)nnc1-c1cc(-c2ccccc2)nc2ccccc12. The molecule has 0 radical (unpaired) electrons. The molecule has 5 aromatic rings. The topological polar surface area (TPSA) is 43.6 Å². The van der Waals surface area contributed by atoms with E-state index in [9.17, 15) is 0 Å². The van der Waals surface area contributed by atoms with Gasteiger partial charge in [-0.25, -0.2) is 4.98 Å². The van der Waals surface area contributed by atoms with Gasteiger partial charge in [-0.3, -0.25) is 4.57 Å². The molecule has 0 spiro atoms. The second-order valence-electron chi connectivity index (χ2n) is 8.10. The zero-order valence-electron chi connectivity index (χ0n) is 19.2. The predicted octanol–water partition coefficient (Wildman–Crippen LogP) is 7.20. The predicted molar refractivity (Wildman–Crippen MR) is 142 cm³/mol. The number of pyridine rings is 1. The summed E-state index contributed by atoms with van der Waals surface area (Å²) in [5.41, 5.74) is 6.60. The molecule has 0 bridgehead atoms. The zero-order chi connectivity index (χ0) is 23.3. The summed E-state index contributed by atoms with van der Waals surface area (Å²) >= 11 is 1.70. The van der Waals surface area contributed by atoms with Crippen LogP contribution in [0.2, 0.25) is 0 Å². The van der Waals surface area contributed by atoms with Crippen LogP contribution in [0.1, 0.15) is 18.1 Å². The van der Waals surface area contributed by atoms with Crippen LogP contribution in [0.5, 0.6) is 0 Å². The molecule has 0 amide bonds. The second kappa shape index (κ2) is 10.1. The third-order valence-corrected chi connectivity index (χ3v) is 6.89. The van der Waals surface area contributed by atoms with Crippen LogP contribution in [-0.4, -0.2) is 19.7 Å². The van der Waals surface area contributed by atoms with Crippen molar-refractivity contribution in [2.45, 2.75) is 30.8 Å². The quantitative estimate of drug-likeness (QED) is 0.181. The van der Waals surface area contributed by atoms with Gasteiger partial charge in [-0.15, -0.1) is 16.8 Å². The van der Waals surface area contributed by atoms with Crippen molar-refractivity contribution in [1.29, 1.82) is 0 Å². The van der Waals surface area contributed by atoms with Gasteiger partial charge in [0.05, 0.1) is 11.2 Å². The summed E-state index contributed by atoms with van der Waals surface area (Å²) in [5.74, 6) is 1.67. The Morgan fingerprint density at radius 3 is 2.38 bits per heavy atom. The minimum Gasteiger partial charge on any atom is -0.298 e. The molecular weight excluding hydrogens is 436 g/mol. The minimum absolute atomic E-state index is 0.636. The average Bonchev–Trinajstić information content (AvgIpc) is 3.30. The van der Waals surface area contributed by atoms with Crippen LogP contribution in [-0.2, 0) is 18.7 Å². The molecular formula is C29H26N4S. The molecule has 0 saturated heterocycles. The fourth-order valence-electron chi connectivity index (χ4n) is 4.02. The molecule has 2 heterocycles. The normalized spacial score (nSPS) is 11.1. The fourth-order valence-corrected chi connectivity index (χ4v) is 4.93. The van der Waals surface area contributed by atoms with Gasteiger partial charge >= 0.3 is 0 Å². The second-order valence-corrected chi connectivity index (χ2v) is 9.04. The molecule has 3 aromatic carbocycles. The summed E-state index contributed by atoms with van der Waals surface area (Å²) < 4.78 is 2.15. The summed E-state index contributed by atoms with van der Waals surface area (Å²) in [7, 11) is 0. The van der Waals surface area contributed by atoms with E-state index in [4.69, 9.17) is 4.98 Å². The standard InChI is InChI=1S/C29H26N4S/c1-3-18-33-28(31-32-29(33)34-20-22-16-14-21(4-2)15-17-22)25-19-27(23-10-6-5-7-11-23)30-26-13-9-8-12-24(25)26/h3,5-17,19H,1,4,18,20H2,2H3. The Bertz CT molecular complexity index is 1420. The number of rotatable bonds is 8. The number of benzene rings is 3. The van der Waals surface area contributed by atoms with E-state index in [0.717, 1.165) is 50.9 Å². The first-order valence-electron chi connectivity index (χ1n) is 11.5. The monoisotopic (exact) mass is 462 g/mol. The lowest BCUT2D eigenvalue weighted by Crippen LogP contribution is -2.02. The summed E-state index contributed by atoms with van der Waals surface area (Å²) in [6.45, 7) is 6.79. The lowest BCUT2D eigenvalue weighted by Gasteiger charge is -2.12. The van der Waals surface area contributed by atoms with Crippen LogP contribution in [0, 0.1) is 0 Å². The minimum atomic E-state index is 0.636. The number of hydrogen-bond donors (Lipinski definition) is 0. The molecule has 4 nitrogen and oxygen atoms in total. The third-order valence-electron chi connectivity index (χ3n) is 5.85. The number of aromatic nitrogens is 4. The van der Waals surface area contributed by atoms with Crippen LogP contribution >= 0.6 is 11.8 Å². The van der Waals surface area contributed by atoms with Crippen LogP contribution in [0.15, 0.2) is 103 Å². The highest BCUT2D eigenvalue weighted by molar-refractivity contribution is 7.98. The molecule has 5 rings (SSSR count). The molecule has 2 aromatic heterocycles. The van der Waals surface area contributed by atoms with E-state index >= 15 is 0 Å². The number of fused-ring (bicyclic) bond motifs is 1. The van der Waals surface area contributed by atoms with E-state index in [1.807, 2.05) is 36.4 Å². The van der Waals surface area contributed by atoms with E-state index in [1.165, 1.54) is 11.1 Å². The van der Waals surface area contributed by atoms with Crippen molar-refractivity contribution in [3.05, 3.63) is 109 Å². The molecule has 168 valence electrons. The largest absolute Gasteiger partial charge is 0.298 e. The number of nitrogens with zero attached hydrogens (tertiary/aromatic N) is 4. The average molecular weight is 463 g/mol. The van der Waals surface area contributed by atoms with Crippen LogP contribution in [0.25, 0.3) is 33.5 Å². The number of allylic oxidation sites excluding steroid dienone is 1. The van der Waals surface area contributed by atoms with Crippen molar-refractivity contribution in [3.8, 4) is 22.6 Å². The lowest BCUT2D eigenvalue weighted by atomic mass is 10.0. The van der Waals surface area contributed by atoms with Gasteiger partial charge in [0.1, 0.15) is 0 Å². The Hall–Kier alpha value is -3.70. The fraction of sp³-hybridized carbons (Fsp3) is 0.138. The van der Waals surface area contributed by atoms with Crippen LogP contribution in [0.4, 0.5) is 0 Å². The zero-order valence-corrected chi connectivity index (χ0v) is 20.0. The molecule has 5 heteroatoms. The molecule has 0 fully saturated rings. The maximum Gasteiger partial charge on any atom is 0.192 e. The van der Waals surface area contributed by atoms with Gasteiger partial charge in [0, 0.05) is 28.8 Å². The van der Waals surface area contributed by atoms with Crippen molar-refractivity contribution in [2.75, 3.05) is 0 Å². The van der Waals surface area contributed by atoms with E-state index in [-0.39, 0.29) is 0 Å². The van der Waals surface area contributed by atoms with Crippen molar-refractivity contribution in [1.82, 2.24) is 19.7 Å². The van der Waals surface area contributed by atoms with E-state index in [2.05, 4.69) is 82.9 Å². The summed E-state index contributed by atoms with van der Waals surface area (Å²) in [4.78, 5) is 4.92. The number of hydrogen-bond acceptors (Lipinski definition) is 4. The maximum atomic E-state index is 4.92. The highest BCUT2D eigenvalue weighted by atomic mass is 32.2. The highest BCUT2D eigenvalue weighted by Gasteiger charge is 2.18. The molecule has 0 saturated carbocycles. The van der Waals surface area contributed by atoms with E-state index < -0.39 is 0 Å². The first kappa shape index (κ1) is 22.1. The smallest absolute Gasteiger partial charge is 0.192 e. The first-order chi connectivity index (χ1) is 16.8. The van der Waals surface area contributed by atoms with Crippen molar-refractivity contribution in [2.24, 2.45) is 0 Å². The molecule has 0 unspecified atom stereocenters. The lowest BCUT2D eigenvalue weighted by molar-refractivity contribution is 0.731. The Morgan fingerprint density at radius 1 is 0.882 bits per heavy atom. The molecule has 0 aliphatic carbocycles. The maximum absolute atomic E-state index is 4.92. The first-order valence-corrected chi connectivity index (χ1v) is 12.5. The summed E-state index contributed by atoms with van der Waals surface area (Å²) in [5, 5.41) is 11.2. The van der Waals surface area contributed by atoms with Gasteiger partial charge in [-0.05, 0) is 29.7 Å². The Kier molecular flexibility index (Phi) is 6.54. The van der Waals surface area contributed by atoms with Crippen molar-refractivity contribution in [3.63, 3.8) is 0 Å². The highest BCUT2D eigenvalue weighted by Crippen LogP contribution is 2.33.